The van der Waals surface area contributed by atoms with E-state index in [1.807, 2.05) is 0 Å². The van der Waals surface area contributed by atoms with Gasteiger partial charge in [0.2, 0.25) is 0 Å². The van der Waals surface area contributed by atoms with E-state index in [9.17, 15) is 9.18 Å². The van der Waals surface area contributed by atoms with Crippen molar-refractivity contribution in [2.24, 2.45) is 0 Å². The van der Waals surface area contributed by atoms with E-state index in [1.54, 1.807) is 0 Å². The molecule has 0 bridgehead atoms. The van der Waals surface area contributed by atoms with Crippen molar-refractivity contribution in [3.63, 3.8) is 0 Å². The summed E-state index contributed by atoms with van der Waals surface area (Å²) in [7, 11) is 1.17. The summed E-state index contributed by atoms with van der Waals surface area (Å²) >= 11 is 0. The van der Waals surface area contributed by atoms with Gasteiger partial charge in [-0.15, -0.1) is 0 Å². The minimum Gasteiger partial charge on any atom is -0.464 e. The number of aliphatic hydroxyl groups excluding tert-OH is 1. The van der Waals surface area contributed by atoms with Gasteiger partial charge in [0.25, 0.3) is 0 Å². The standard InChI is InChI=1S/C8H8FNO3/c1-13-8(12)7-3-5(9)2-6(4-11)10-7/h2-3,11H,4H2,1H3. The SMILES string of the molecule is COC(=O)c1cc(F)cc(CO)n1. The molecule has 0 unspecified atom stereocenters. The molecule has 0 aliphatic heterocycles. The Hall–Kier alpha value is -1.49. The number of carbonyl (C=O) groups excluding carboxylic acids is 1. The number of pyridine rings is 1. The summed E-state index contributed by atoms with van der Waals surface area (Å²) in [6, 6.07) is 2.00. The fraction of sp³-hybridized carbons (Fsp3) is 0.250. The van der Waals surface area contributed by atoms with Crippen LogP contribution in [0.1, 0.15) is 16.2 Å². The van der Waals surface area contributed by atoms with Gasteiger partial charge in [-0.3, -0.25) is 0 Å². The van der Waals surface area contributed by atoms with Gasteiger partial charge in [0.15, 0.2) is 5.69 Å². The molecule has 1 aromatic heterocycles. The minimum atomic E-state index is -0.728. The van der Waals surface area contributed by atoms with Crippen molar-refractivity contribution in [2.45, 2.75) is 6.61 Å². The Balaban J connectivity index is 3.08. The summed E-state index contributed by atoms with van der Waals surface area (Å²) in [4.78, 5) is 14.6. The topological polar surface area (TPSA) is 59.4 Å². The summed E-state index contributed by atoms with van der Waals surface area (Å²) < 4.78 is 17.1. The fourth-order valence-electron chi connectivity index (χ4n) is 0.841. The van der Waals surface area contributed by atoms with E-state index < -0.39 is 18.4 Å². The van der Waals surface area contributed by atoms with Crippen molar-refractivity contribution < 1.29 is 19.0 Å². The Morgan fingerprint density at radius 3 is 2.92 bits per heavy atom. The van der Waals surface area contributed by atoms with Crippen LogP contribution in [0.3, 0.4) is 0 Å². The predicted octanol–water partition coefficient (Wildman–Crippen LogP) is 0.500. The second-order valence-electron chi connectivity index (χ2n) is 2.31. The molecule has 1 heterocycles. The van der Waals surface area contributed by atoms with E-state index in [2.05, 4.69) is 9.72 Å². The van der Waals surface area contributed by atoms with Gasteiger partial charge in [-0.1, -0.05) is 0 Å². The number of halogens is 1. The second-order valence-corrected chi connectivity index (χ2v) is 2.31. The highest BCUT2D eigenvalue weighted by molar-refractivity contribution is 5.87. The van der Waals surface area contributed by atoms with Crippen molar-refractivity contribution in [1.29, 1.82) is 0 Å². The van der Waals surface area contributed by atoms with Gasteiger partial charge >= 0.3 is 5.97 Å². The van der Waals surface area contributed by atoms with Crippen LogP contribution in [0.5, 0.6) is 0 Å². The molecule has 0 atom stereocenters. The van der Waals surface area contributed by atoms with Gasteiger partial charge in [0, 0.05) is 6.07 Å². The fourth-order valence-corrected chi connectivity index (χ4v) is 0.841. The third-order valence-electron chi connectivity index (χ3n) is 1.40. The van der Waals surface area contributed by atoms with Crippen LogP contribution in [0.25, 0.3) is 0 Å². The van der Waals surface area contributed by atoms with Crippen LogP contribution in [0.15, 0.2) is 12.1 Å². The van der Waals surface area contributed by atoms with E-state index in [-0.39, 0.29) is 11.4 Å². The van der Waals surface area contributed by atoms with E-state index >= 15 is 0 Å². The molecule has 0 spiro atoms. The lowest BCUT2D eigenvalue weighted by Crippen LogP contribution is -2.07. The highest BCUT2D eigenvalue weighted by Gasteiger charge is 2.09. The van der Waals surface area contributed by atoms with Crippen molar-refractivity contribution in [3.05, 3.63) is 29.3 Å². The summed E-state index contributed by atoms with van der Waals surface area (Å²) in [5, 5.41) is 8.66. The Morgan fingerprint density at radius 2 is 2.38 bits per heavy atom. The second kappa shape index (κ2) is 3.95. The lowest BCUT2D eigenvalue weighted by Gasteiger charge is -2.00. The average Bonchev–Trinajstić information content (AvgIpc) is 2.15. The van der Waals surface area contributed by atoms with Gasteiger partial charge in [-0.05, 0) is 6.07 Å². The quantitative estimate of drug-likeness (QED) is 0.681. The van der Waals surface area contributed by atoms with Crippen LogP contribution in [0.2, 0.25) is 0 Å². The number of rotatable bonds is 2. The Bertz CT molecular complexity index is 327. The number of nitrogens with zero attached hydrogens (tertiary/aromatic N) is 1. The maximum Gasteiger partial charge on any atom is 0.356 e. The number of aromatic nitrogens is 1. The van der Waals surface area contributed by atoms with E-state index in [0.717, 1.165) is 12.1 Å². The lowest BCUT2D eigenvalue weighted by atomic mass is 10.3. The van der Waals surface area contributed by atoms with Gasteiger partial charge in [0.05, 0.1) is 19.4 Å². The molecule has 0 fully saturated rings. The molecule has 5 heteroatoms. The van der Waals surface area contributed by atoms with Gasteiger partial charge in [0.1, 0.15) is 5.82 Å². The maximum absolute atomic E-state index is 12.8. The molecular weight excluding hydrogens is 177 g/mol. The van der Waals surface area contributed by atoms with Crippen molar-refractivity contribution in [3.8, 4) is 0 Å². The number of methoxy groups -OCH3 is 1. The number of ether oxygens (including phenoxy) is 1. The smallest absolute Gasteiger partial charge is 0.356 e. The van der Waals surface area contributed by atoms with Crippen molar-refractivity contribution >= 4 is 5.97 Å². The number of aliphatic hydroxyl groups is 1. The molecule has 70 valence electrons. The minimum absolute atomic E-state index is 0.0976. The zero-order valence-electron chi connectivity index (χ0n) is 6.95. The average molecular weight is 185 g/mol. The van der Waals surface area contributed by atoms with Crippen molar-refractivity contribution in [2.75, 3.05) is 7.11 Å². The largest absolute Gasteiger partial charge is 0.464 e. The Labute approximate surface area is 74.0 Å². The summed E-state index contributed by atoms with van der Waals surface area (Å²) in [5.41, 5.74) is -0.0491. The van der Waals surface area contributed by atoms with Crippen LogP contribution < -0.4 is 0 Å². The summed E-state index contributed by atoms with van der Waals surface area (Å²) in [6.45, 7) is -0.415. The van der Waals surface area contributed by atoms with Crippen LogP contribution in [0, 0.1) is 5.82 Å². The molecule has 4 nitrogen and oxygen atoms in total. The Kier molecular flexibility index (Phi) is 2.92. The first-order valence-electron chi connectivity index (χ1n) is 3.53. The number of carbonyl (C=O) groups is 1. The molecular formula is C8H8FNO3. The van der Waals surface area contributed by atoms with E-state index in [4.69, 9.17) is 5.11 Å². The first-order valence-corrected chi connectivity index (χ1v) is 3.53. The van der Waals surface area contributed by atoms with E-state index in [1.165, 1.54) is 7.11 Å². The number of hydrogen-bond donors (Lipinski definition) is 1. The van der Waals surface area contributed by atoms with Gasteiger partial charge in [-0.2, -0.15) is 0 Å². The molecule has 1 aromatic rings. The van der Waals surface area contributed by atoms with Crippen LogP contribution in [-0.4, -0.2) is 23.2 Å². The molecule has 0 radical (unpaired) electrons. The van der Waals surface area contributed by atoms with Crippen LogP contribution >= 0.6 is 0 Å². The summed E-state index contributed by atoms with van der Waals surface area (Å²) in [5.74, 6) is -1.35. The van der Waals surface area contributed by atoms with E-state index in [0.29, 0.717) is 0 Å². The molecule has 1 N–H and O–H groups in total. The number of esters is 1. The highest BCUT2D eigenvalue weighted by atomic mass is 19.1. The third-order valence-corrected chi connectivity index (χ3v) is 1.40. The molecule has 0 saturated carbocycles. The third kappa shape index (κ3) is 2.22. The molecule has 0 saturated heterocycles. The molecule has 0 aliphatic rings. The maximum atomic E-state index is 12.8. The number of hydrogen-bond acceptors (Lipinski definition) is 4. The zero-order valence-corrected chi connectivity index (χ0v) is 6.95. The molecule has 13 heavy (non-hydrogen) atoms. The van der Waals surface area contributed by atoms with Crippen LogP contribution in [0.4, 0.5) is 4.39 Å². The van der Waals surface area contributed by atoms with Gasteiger partial charge < -0.3 is 9.84 Å². The molecule has 0 aliphatic carbocycles. The molecule has 0 amide bonds. The van der Waals surface area contributed by atoms with Crippen molar-refractivity contribution in [1.82, 2.24) is 4.98 Å². The normalized spacial score (nSPS) is 9.77. The molecule has 1 rings (SSSR count). The summed E-state index contributed by atoms with van der Waals surface area (Å²) in [6.07, 6.45) is 0. The first-order chi connectivity index (χ1) is 6.17. The zero-order chi connectivity index (χ0) is 9.84. The monoisotopic (exact) mass is 185 g/mol. The van der Waals surface area contributed by atoms with Gasteiger partial charge in [-0.25, -0.2) is 14.2 Å². The predicted molar refractivity (Wildman–Crippen MR) is 41.5 cm³/mol. The Morgan fingerprint density at radius 1 is 1.69 bits per heavy atom. The van der Waals surface area contributed by atoms with Crippen LogP contribution in [-0.2, 0) is 11.3 Å². The molecule has 0 aromatic carbocycles. The first kappa shape index (κ1) is 9.60. The lowest BCUT2D eigenvalue weighted by molar-refractivity contribution is 0.0592. The highest BCUT2D eigenvalue weighted by Crippen LogP contribution is 2.05.